The Bertz CT molecular complexity index is 1170. The van der Waals surface area contributed by atoms with Gasteiger partial charge >= 0.3 is 0 Å². The van der Waals surface area contributed by atoms with Gasteiger partial charge in [0.15, 0.2) is 0 Å². The summed E-state index contributed by atoms with van der Waals surface area (Å²) in [4.78, 5) is 23.2. The maximum absolute atomic E-state index is 13.3. The van der Waals surface area contributed by atoms with E-state index in [1.165, 1.54) is 0 Å². The van der Waals surface area contributed by atoms with Crippen molar-refractivity contribution in [2.45, 2.75) is 27.0 Å². The summed E-state index contributed by atoms with van der Waals surface area (Å²) in [5, 5.41) is 5.94. The van der Waals surface area contributed by atoms with Gasteiger partial charge in [0.25, 0.3) is 5.91 Å². The number of carbonyl (C=O) groups is 1. The molecule has 30 heavy (non-hydrogen) atoms. The van der Waals surface area contributed by atoms with E-state index in [9.17, 15) is 4.79 Å². The van der Waals surface area contributed by atoms with Crippen LogP contribution in [0.2, 0.25) is 0 Å². The van der Waals surface area contributed by atoms with Crippen molar-refractivity contribution >= 4 is 16.7 Å². The monoisotopic (exact) mass is 402 g/mol. The van der Waals surface area contributed by atoms with Crippen LogP contribution in [0.3, 0.4) is 0 Å². The van der Waals surface area contributed by atoms with Gasteiger partial charge in [0.2, 0.25) is 0 Å². The van der Waals surface area contributed by atoms with Gasteiger partial charge in [-0.2, -0.15) is 0 Å². The molecule has 2 aromatic carbocycles. The highest BCUT2D eigenvalue weighted by atomic mass is 16.5. The molecule has 0 aliphatic rings. The summed E-state index contributed by atoms with van der Waals surface area (Å²) in [6.45, 7) is 4.34. The molecule has 0 atom stereocenters. The number of aryl methyl sites for hydroxylation is 2. The molecule has 7 nitrogen and oxygen atoms in total. The van der Waals surface area contributed by atoms with E-state index in [0.29, 0.717) is 29.3 Å². The molecule has 0 bridgehead atoms. The quantitative estimate of drug-likeness (QED) is 0.483. The molecule has 0 saturated heterocycles. The highest BCUT2D eigenvalue weighted by Crippen LogP contribution is 2.29. The first-order chi connectivity index (χ1) is 14.5. The molecule has 0 fully saturated rings. The number of carbonyl (C=O) groups excluding carboxylic acids is 1. The fraction of sp³-hybridized carbons (Fsp3) is 0.217. The summed E-state index contributed by atoms with van der Waals surface area (Å²) in [7, 11) is 1.74. The van der Waals surface area contributed by atoms with Crippen LogP contribution in [0.15, 0.2) is 59.5 Å². The topological polar surface area (TPSA) is 81.4 Å². The van der Waals surface area contributed by atoms with Gasteiger partial charge in [-0.3, -0.25) is 14.8 Å². The van der Waals surface area contributed by atoms with Gasteiger partial charge in [-0.15, -0.1) is 0 Å². The van der Waals surface area contributed by atoms with E-state index in [-0.39, 0.29) is 12.5 Å². The standard InChI is InChI=1S/C23H22N4O3/c1-15-21(16(2)30-26-15)14-29-22-11-18-7-5-4-6-17(18)10-20(22)23(28)27(3)13-19-12-24-8-9-25-19/h4-12H,13-14H2,1-3H3. The summed E-state index contributed by atoms with van der Waals surface area (Å²) >= 11 is 0. The van der Waals surface area contributed by atoms with Crippen LogP contribution >= 0.6 is 0 Å². The molecular formula is C23H22N4O3. The molecule has 0 aliphatic heterocycles. The van der Waals surface area contributed by atoms with Crippen LogP contribution in [0, 0.1) is 13.8 Å². The Hall–Kier alpha value is -3.74. The molecule has 2 heterocycles. The highest BCUT2D eigenvalue weighted by Gasteiger charge is 2.20. The molecule has 0 aliphatic carbocycles. The molecule has 0 spiro atoms. The number of nitrogens with zero attached hydrogens (tertiary/aromatic N) is 4. The fourth-order valence-electron chi connectivity index (χ4n) is 3.30. The van der Waals surface area contributed by atoms with Gasteiger partial charge in [-0.25, -0.2) is 0 Å². The lowest BCUT2D eigenvalue weighted by atomic mass is 10.0. The van der Waals surface area contributed by atoms with Crippen LogP contribution in [0.25, 0.3) is 10.8 Å². The zero-order chi connectivity index (χ0) is 21.1. The van der Waals surface area contributed by atoms with Crippen LogP contribution in [0.1, 0.15) is 33.1 Å². The maximum atomic E-state index is 13.3. The van der Waals surface area contributed by atoms with Crippen LogP contribution in [-0.4, -0.2) is 33.0 Å². The minimum Gasteiger partial charge on any atom is -0.488 e. The van der Waals surface area contributed by atoms with Crippen LogP contribution < -0.4 is 4.74 Å². The van der Waals surface area contributed by atoms with Crippen molar-refractivity contribution in [2.24, 2.45) is 0 Å². The molecule has 0 unspecified atom stereocenters. The summed E-state index contributed by atoms with van der Waals surface area (Å²) in [6, 6.07) is 11.7. The van der Waals surface area contributed by atoms with Crippen molar-refractivity contribution in [2.75, 3.05) is 7.05 Å². The minimum atomic E-state index is -0.153. The number of rotatable bonds is 6. The zero-order valence-electron chi connectivity index (χ0n) is 17.1. The van der Waals surface area contributed by atoms with Gasteiger partial charge in [-0.1, -0.05) is 29.4 Å². The van der Waals surface area contributed by atoms with E-state index >= 15 is 0 Å². The van der Waals surface area contributed by atoms with E-state index in [0.717, 1.165) is 22.0 Å². The third kappa shape index (κ3) is 4.00. The lowest BCUT2D eigenvalue weighted by Crippen LogP contribution is -2.27. The number of hydrogen-bond donors (Lipinski definition) is 0. The van der Waals surface area contributed by atoms with Crippen molar-refractivity contribution in [3.8, 4) is 5.75 Å². The predicted molar refractivity (Wildman–Crippen MR) is 112 cm³/mol. The number of ether oxygens (including phenoxy) is 1. The molecule has 7 heteroatoms. The smallest absolute Gasteiger partial charge is 0.257 e. The minimum absolute atomic E-state index is 0.153. The second kappa shape index (κ2) is 8.32. The van der Waals surface area contributed by atoms with Crippen LogP contribution in [0.4, 0.5) is 0 Å². The maximum Gasteiger partial charge on any atom is 0.257 e. The van der Waals surface area contributed by atoms with E-state index in [1.807, 2.05) is 50.2 Å². The Morgan fingerprint density at radius 3 is 2.57 bits per heavy atom. The summed E-state index contributed by atoms with van der Waals surface area (Å²) < 4.78 is 11.3. The summed E-state index contributed by atoms with van der Waals surface area (Å²) in [5.41, 5.74) is 2.87. The number of fused-ring (bicyclic) bond motifs is 1. The molecule has 0 radical (unpaired) electrons. The Morgan fingerprint density at radius 1 is 1.13 bits per heavy atom. The van der Waals surface area contributed by atoms with E-state index in [1.54, 1.807) is 30.5 Å². The van der Waals surface area contributed by atoms with Crippen molar-refractivity contribution < 1.29 is 14.1 Å². The molecule has 152 valence electrons. The Morgan fingerprint density at radius 2 is 1.90 bits per heavy atom. The first kappa shape index (κ1) is 19.6. The Kier molecular flexibility index (Phi) is 5.43. The average Bonchev–Trinajstić information content (AvgIpc) is 3.09. The largest absolute Gasteiger partial charge is 0.488 e. The molecule has 0 N–H and O–H groups in total. The highest BCUT2D eigenvalue weighted by molar-refractivity contribution is 6.01. The number of hydrogen-bond acceptors (Lipinski definition) is 6. The van der Waals surface area contributed by atoms with Crippen molar-refractivity contribution in [3.05, 3.63) is 83.3 Å². The van der Waals surface area contributed by atoms with E-state index in [2.05, 4.69) is 15.1 Å². The normalized spacial score (nSPS) is 10.9. The molecule has 4 aromatic rings. The van der Waals surface area contributed by atoms with Crippen molar-refractivity contribution in [3.63, 3.8) is 0 Å². The molecule has 1 amide bonds. The van der Waals surface area contributed by atoms with Gasteiger partial charge in [-0.05, 0) is 36.8 Å². The van der Waals surface area contributed by atoms with E-state index < -0.39 is 0 Å². The fourth-order valence-corrected chi connectivity index (χ4v) is 3.30. The van der Waals surface area contributed by atoms with E-state index in [4.69, 9.17) is 9.26 Å². The third-order valence-corrected chi connectivity index (χ3v) is 4.99. The summed E-state index contributed by atoms with van der Waals surface area (Å²) in [5.74, 6) is 1.07. The predicted octanol–water partition coefficient (Wildman–Crippen LogP) is 4.09. The molecular weight excluding hydrogens is 380 g/mol. The van der Waals surface area contributed by atoms with Crippen LogP contribution in [0.5, 0.6) is 5.75 Å². The number of benzene rings is 2. The molecule has 4 rings (SSSR count). The van der Waals surface area contributed by atoms with Crippen molar-refractivity contribution in [1.29, 1.82) is 0 Å². The van der Waals surface area contributed by atoms with Gasteiger partial charge in [0, 0.05) is 19.4 Å². The second-order valence-electron chi connectivity index (χ2n) is 7.14. The summed E-state index contributed by atoms with van der Waals surface area (Å²) in [6.07, 6.45) is 4.87. The van der Waals surface area contributed by atoms with Crippen LogP contribution in [-0.2, 0) is 13.2 Å². The van der Waals surface area contributed by atoms with Crippen molar-refractivity contribution in [1.82, 2.24) is 20.0 Å². The first-order valence-corrected chi connectivity index (χ1v) is 9.60. The molecule has 0 saturated carbocycles. The lowest BCUT2D eigenvalue weighted by molar-refractivity contribution is 0.0778. The van der Waals surface area contributed by atoms with Gasteiger partial charge < -0.3 is 14.2 Å². The Labute approximate surface area is 174 Å². The Balaban J connectivity index is 1.66. The molecule has 2 aromatic heterocycles. The lowest BCUT2D eigenvalue weighted by Gasteiger charge is -2.19. The zero-order valence-corrected chi connectivity index (χ0v) is 17.1. The van der Waals surface area contributed by atoms with Gasteiger partial charge in [0.1, 0.15) is 18.1 Å². The SMILES string of the molecule is Cc1noc(C)c1COc1cc2ccccc2cc1C(=O)N(C)Cc1cnccn1. The average molecular weight is 402 g/mol. The van der Waals surface area contributed by atoms with Gasteiger partial charge in [0.05, 0.1) is 35.3 Å². The second-order valence-corrected chi connectivity index (χ2v) is 7.14. The first-order valence-electron chi connectivity index (χ1n) is 9.60. The number of amides is 1. The number of aromatic nitrogens is 3. The third-order valence-electron chi connectivity index (χ3n) is 4.99.